The molecule has 0 aliphatic carbocycles. The number of hydrogen-bond acceptors (Lipinski definition) is 7. The summed E-state index contributed by atoms with van der Waals surface area (Å²) in [6, 6.07) is 7.85. The molecule has 0 fully saturated rings. The average molecular weight is 397 g/mol. The van der Waals surface area contributed by atoms with Crippen LogP contribution in [0.2, 0.25) is 0 Å². The highest BCUT2D eigenvalue weighted by Crippen LogP contribution is 2.50. The van der Waals surface area contributed by atoms with Gasteiger partial charge in [-0.15, -0.1) is 0 Å². The molecule has 0 spiro atoms. The molecule has 0 saturated carbocycles. The number of methoxy groups -OCH3 is 3. The molecule has 2 aromatic rings. The van der Waals surface area contributed by atoms with Crippen molar-refractivity contribution in [1.29, 1.82) is 0 Å². The van der Waals surface area contributed by atoms with E-state index in [1.807, 2.05) is 0 Å². The van der Waals surface area contributed by atoms with Crippen molar-refractivity contribution in [3.05, 3.63) is 47.7 Å². The van der Waals surface area contributed by atoms with Crippen molar-refractivity contribution in [2.45, 2.75) is 0 Å². The number of hydrogen-bond donors (Lipinski definition) is 4. The predicted molar refractivity (Wildman–Crippen MR) is 98.1 cm³/mol. The topological polar surface area (TPSA) is 141 Å². The number of phenolic OH excluding ortho intramolecular Hbond substituents is 1. The van der Waals surface area contributed by atoms with Crippen LogP contribution in [0.1, 0.15) is 11.1 Å². The number of ether oxygens (including phenoxy) is 3. The number of phosphoric acid groups is 1. The third-order valence-corrected chi connectivity index (χ3v) is 4.07. The van der Waals surface area contributed by atoms with E-state index >= 15 is 0 Å². The first-order valence-electron chi connectivity index (χ1n) is 7.54. The summed E-state index contributed by atoms with van der Waals surface area (Å²) in [6.07, 6.45) is 1.23. The van der Waals surface area contributed by atoms with Crippen LogP contribution in [0, 0.1) is 0 Å². The van der Waals surface area contributed by atoms with Crippen molar-refractivity contribution in [3.63, 3.8) is 0 Å². The number of aromatic hydroxyl groups is 1. The third-order valence-electron chi connectivity index (χ3n) is 3.64. The van der Waals surface area contributed by atoms with E-state index < -0.39 is 19.3 Å². The van der Waals surface area contributed by atoms with Crippen LogP contribution in [0.3, 0.4) is 0 Å². The van der Waals surface area contributed by atoms with Gasteiger partial charge in [-0.05, 0) is 29.8 Å². The Kier molecular flexibility index (Phi) is 6.22. The second-order valence-electron chi connectivity index (χ2n) is 5.26. The lowest BCUT2D eigenvalue weighted by Crippen LogP contribution is -1.99. The van der Waals surface area contributed by atoms with E-state index in [1.165, 1.54) is 39.7 Å². The maximum absolute atomic E-state index is 11.2. The van der Waals surface area contributed by atoms with E-state index in [-0.39, 0.29) is 11.3 Å². The van der Waals surface area contributed by atoms with Gasteiger partial charge in [0.05, 0.1) is 21.3 Å². The highest BCUT2D eigenvalue weighted by Gasteiger charge is 2.25. The molecule has 0 atom stereocenters. The predicted octanol–water partition coefficient (Wildman–Crippen LogP) is 2.24. The molecule has 0 amide bonds. The maximum Gasteiger partial charge on any atom is 0.525 e. The first kappa shape index (κ1) is 20.4. The lowest BCUT2D eigenvalue weighted by Gasteiger charge is -2.17. The van der Waals surface area contributed by atoms with Gasteiger partial charge in [0, 0.05) is 23.4 Å². The molecule has 0 unspecified atom stereocenters. The van der Waals surface area contributed by atoms with Gasteiger partial charge >= 0.3 is 7.82 Å². The molecule has 0 heterocycles. The van der Waals surface area contributed by atoms with Crippen molar-refractivity contribution < 1.29 is 38.2 Å². The summed E-state index contributed by atoms with van der Waals surface area (Å²) in [6.45, 7) is 0. The lowest BCUT2D eigenvalue weighted by atomic mass is 9.97. The summed E-state index contributed by atoms with van der Waals surface area (Å²) in [7, 11) is -0.695. The van der Waals surface area contributed by atoms with Crippen molar-refractivity contribution in [1.82, 2.24) is 0 Å². The average Bonchev–Trinajstić information content (AvgIpc) is 2.63. The van der Waals surface area contributed by atoms with E-state index in [0.29, 0.717) is 22.6 Å². The summed E-state index contributed by atoms with van der Waals surface area (Å²) in [5.74, 6) is -0.125. The number of phenols is 1. The number of benzene rings is 2. The molecule has 0 radical (unpaired) electrons. The number of nitrogens with two attached hydrogens (primary N) is 1. The standard InChI is InChI=1S/C17H20NO8P/c1-23-11-6-10(7-12(8-11)24-2)14(9-18)13-4-5-15(25-3)17(16(13)19)26-27(20,21)22/h4-9,19H,18H2,1-3H3,(H2,20,21,22). The smallest absolute Gasteiger partial charge is 0.504 e. The Morgan fingerprint density at radius 3 is 2.07 bits per heavy atom. The van der Waals surface area contributed by atoms with Crippen LogP contribution in [0.5, 0.6) is 28.7 Å². The SMILES string of the molecule is COc1cc(OC)cc(C(=CN)c2ccc(OC)c(OP(=O)(O)O)c2O)c1. The van der Waals surface area contributed by atoms with Gasteiger partial charge in [0.15, 0.2) is 11.5 Å². The Labute approximate surface area is 155 Å². The van der Waals surface area contributed by atoms with Gasteiger partial charge in [-0.3, -0.25) is 9.79 Å². The fourth-order valence-corrected chi connectivity index (χ4v) is 2.86. The van der Waals surface area contributed by atoms with Gasteiger partial charge in [-0.2, -0.15) is 0 Å². The van der Waals surface area contributed by atoms with Gasteiger partial charge < -0.3 is 29.6 Å². The molecular weight excluding hydrogens is 377 g/mol. The van der Waals surface area contributed by atoms with E-state index in [1.54, 1.807) is 18.2 Å². The molecule has 10 heteroatoms. The van der Waals surface area contributed by atoms with Crippen LogP contribution in [-0.2, 0) is 4.57 Å². The summed E-state index contributed by atoms with van der Waals surface area (Å²) < 4.78 is 31.3. The monoisotopic (exact) mass is 397 g/mol. The summed E-state index contributed by atoms with van der Waals surface area (Å²) in [5, 5.41) is 10.6. The molecule has 146 valence electrons. The van der Waals surface area contributed by atoms with Crippen LogP contribution in [-0.4, -0.2) is 36.2 Å². The number of phosphoric ester groups is 1. The van der Waals surface area contributed by atoms with Crippen molar-refractivity contribution in [3.8, 4) is 28.7 Å². The molecular formula is C17H20NO8P. The maximum atomic E-state index is 11.2. The van der Waals surface area contributed by atoms with Gasteiger partial charge in [-0.25, -0.2) is 4.57 Å². The fraction of sp³-hybridized carbons (Fsp3) is 0.176. The molecule has 0 aromatic heterocycles. The molecule has 0 bridgehead atoms. The Bertz CT molecular complexity index is 884. The molecule has 9 nitrogen and oxygen atoms in total. The zero-order valence-electron chi connectivity index (χ0n) is 14.9. The molecule has 0 aliphatic heterocycles. The zero-order valence-corrected chi connectivity index (χ0v) is 15.8. The normalized spacial score (nSPS) is 11.8. The van der Waals surface area contributed by atoms with Crippen LogP contribution >= 0.6 is 7.82 Å². The Balaban J connectivity index is 2.65. The van der Waals surface area contributed by atoms with Crippen molar-refractivity contribution in [2.75, 3.05) is 21.3 Å². The minimum atomic E-state index is -4.94. The van der Waals surface area contributed by atoms with Gasteiger partial charge in [0.25, 0.3) is 0 Å². The minimum absolute atomic E-state index is 0.0563. The molecule has 0 aliphatic rings. The molecule has 27 heavy (non-hydrogen) atoms. The second kappa shape index (κ2) is 8.22. The third kappa shape index (κ3) is 4.65. The van der Waals surface area contributed by atoms with E-state index in [0.717, 1.165) is 0 Å². The molecule has 5 N–H and O–H groups in total. The number of rotatable bonds is 7. The summed E-state index contributed by atoms with van der Waals surface area (Å²) in [5.41, 5.74) is 6.81. The van der Waals surface area contributed by atoms with Crippen LogP contribution in [0.4, 0.5) is 0 Å². The highest BCUT2D eigenvalue weighted by molar-refractivity contribution is 7.46. The van der Waals surface area contributed by atoms with Crippen LogP contribution < -0.4 is 24.5 Å². The van der Waals surface area contributed by atoms with E-state index in [2.05, 4.69) is 4.52 Å². The van der Waals surface area contributed by atoms with Crippen molar-refractivity contribution in [2.24, 2.45) is 5.73 Å². The van der Waals surface area contributed by atoms with E-state index in [4.69, 9.17) is 29.7 Å². The summed E-state index contributed by atoms with van der Waals surface area (Å²) >= 11 is 0. The lowest BCUT2D eigenvalue weighted by molar-refractivity contribution is 0.270. The Morgan fingerprint density at radius 2 is 1.63 bits per heavy atom. The van der Waals surface area contributed by atoms with E-state index in [9.17, 15) is 9.67 Å². The Morgan fingerprint density at radius 1 is 1.04 bits per heavy atom. The van der Waals surface area contributed by atoms with Gasteiger partial charge in [-0.1, -0.05) is 0 Å². The van der Waals surface area contributed by atoms with Gasteiger partial charge in [0.2, 0.25) is 5.75 Å². The van der Waals surface area contributed by atoms with Crippen molar-refractivity contribution >= 4 is 13.4 Å². The van der Waals surface area contributed by atoms with Gasteiger partial charge in [0.1, 0.15) is 11.5 Å². The first-order chi connectivity index (χ1) is 12.7. The van der Waals surface area contributed by atoms with Crippen LogP contribution in [0.15, 0.2) is 36.5 Å². The summed E-state index contributed by atoms with van der Waals surface area (Å²) in [4.78, 5) is 18.2. The fourth-order valence-electron chi connectivity index (χ4n) is 2.44. The molecule has 2 aromatic carbocycles. The quantitative estimate of drug-likeness (QED) is 0.518. The van der Waals surface area contributed by atoms with Crippen LogP contribution in [0.25, 0.3) is 5.57 Å². The molecule has 0 saturated heterocycles. The zero-order chi connectivity index (χ0) is 20.2. The highest BCUT2D eigenvalue weighted by atomic mass is 31.2. The largest absolute Gasteiger partial charge is 0.525 e. The minimum Gasteiger partial charge on any atom is -0.504 e. The molecule has 2 rings (SSSR count). The first-order valence-corrected chi connectivity index (χ1v) is 9.08. The Hall–Kier alpha value is -2.87. The second-order valence-corrected chi connectivity index (χ2v) is 6.42.